The molecule has 4 aromatic heterocycles. The van der Waals surface area contributed by atoms with Gasteiger partial charge in [-0.25, -0.2) is 4.98 Å². The zero-order valence-electron chi connectivity index (χ0n) is 37.7. The Morgan fingerprint density at radius 1 is 0.656 bits per heavy atom. The maximum absolute atomic E-state index is 6.74. The van der Waals surface area contributed by atoms with Gasteiger partial charge in [-0.05, 0) is 87.6 Å². The third-order valence-electron chi connectivity index (χ3n) is 11.8. The summed E-state index contributed by atoms with van der Waals surface area (Å²) >= 11 is 0. The molecule has 5 nitrogen and oxygen atoms in total. The maximum Gasteiger partial charge on any atom is 0.168 e. The van der Waals surface area contributed by atoms with E-state index >= 15 is 0 Å². The molecule has 0 aliphatic carbocycles. The van der Waals surface area contributed by atoms with E-state index in [1.807, 2.05) is 55.6 Å². The first kappa shape index (κ1) is 44.4. The van der Waals surface area contributed by atoms with Crippen molar-refractivity contribution in [2.75, 3.05) is 0 Å². The monoisotopic (exact) mass is 1030 g/mol. The molecule has 0 aliphatic rings. The van der Waals surface area contributed by atoms with Gasteiger partial charge in [-0.2, -0.15) is 0 Å². The van der Waals surface area contributed by atoms with Crippen LogP contribution in [0.1, 0.15) is 56.4 Å². The van der Waals surface area contributed by atoms with Crippen LogP contribution >= 0.6 is 0 Å². The third kappa shape index (κ3) is 8.68. The number of hydrogen-bond donors (Lipinski definition) is 0. The summed E-state index contributed by atoms with van der Waals surface area (Å²) in [6, 6.07) is 59.6. The minimum atomic E-state index is -1.23. The summed E-state index contributed by atoms with van der Waals surface area (Å²) in [6.07, 6.45) is 2.02. The van der Waals surface area contributed by atoms with Crippen LogP contribution in [0.5, 0.6) is 0 Å². The molecule has 4 heterocycles. The normalized spacial score (nSPS) is 11.6. The molecule has 7 heteroatoms. The molecule has 321 valence electrons. The fourth-order valence-electron chi connectivity index (χ4n) is 8.40. The van der Waals surface area contributed by atoms with Crippen molar-refractivity contribution in [3.05, 3.63) is 187 Å². The maximum atomic E-state index is 6.74. The van der Waals surface area contributed by atoms with Crippen molar-refractivity contribution < 1.29 is 24.5 Å². The predicted molar refractivity (Wildman–Crippen MR) is 266 cm³/mol. The van der Waals surface area contributed by atoms with Gasteiger partial charge in [0.1, 0.15) is 5.58 Å². The second-order valence-electron chi connectivity index (χ2n) is 17.9. The van der Waals surface area contributed by atoms with Crippen LogP contribution in [0.25, 0.3) is 83.7 Å². The summed E-state index contributed by atoms with van der Waals surface area (Å²) in [5.74, 6) is 1.29. The standard InChI is InChI=1S/C43H36N3O.C14H16NSi.Ir/c1-26(2)35-24-31(29-14-8-6-9-15-29)25-36(27(3)4)40(35)46-37-23-20-28(5)44-42(37)45-43(46)34-22-21-32(30-16-10-7-11-17-30)39-33-18-12-13-19-38(33)47-41(34)39;1-16(2,3)13-9-10-14(15-11-13)12-7-5-4-6-8-12;/h6-21,23-27H,1-5H3;4-7,9-11H,1-3H3;/q2*-1;. The van der Waals surface area contributed by atoms with E-state index in [0.29, 0.717) is 5.65 Å². The van der Waals surface area contributed by atoms with Crippen LogP contribution in [-0.2, 0) is 20.1 Å². The minimum Gasteiger partial charge on any atom is -0.501 e. The summed E-state index contributed by atoms with van der Waals surface area (Å²) in [5, 5.41) is 3.54. The molecule has 0 amide bonds. The molecular formula is C57H52IrN4OSi-2. The largest absolute Gasteiger partial charge is 0.501 e. The second kappa shape index (κ2) is 18.5. The fourth-order valence-corrected chi connectivity index (χ4v) is 9.43. The number of hydrogen-bond acceptors (Lipinski definition) is 4. The van der Waals surface area contributed by atoms with E-state index in [0.717, 1.165) is 72.6 Å². The average molecular weight is 1030 g/mol. The van der Waals surface area contributed by atoms with Gasteiger partial charge < -0.3 is 14.0 Å². The van der Waals surface area contributed by atoms with E-state index in [-0.39, 0.29) is 31.9 Å². The van der Waals surface area contributed by atoms with Gasteiger partial charge in [-0.15, -0.1) is 48.0 Å². The summed E-state index contributed by atoms with van der Waals surface area (Å²) in [6.45, 7) is 18.1. The number of para-hydroxylation sites is 1. The molecule has 0 saturated heterocycles. The van der Waals surface area contributed by atoms with Crippen molar-refractivity contribution in [2.24, 2.45) is 0 Å². The summed E-state index contributed by atoms with van der Waals surface area (Å²) < 4.78 is 9.06. The van der Waals surface area contributed by atoms with Crippen molar-refractivity contribution in [1.82, 2.24) is 19.5 Å². The van der Waals surface area contributed by atoms with Gasteiger partial charge in [0, 0.05) is 43.1 Å². The zero-order valence-corrected chi connectivity index (χ0v) is 41.1. The number of fused-ring (bicyclic) bond motifs is 4. The number of nitrogens with zero attached hydrogens (tertiary/aromatic N) is 4. The van der Waals surface area contributed by atoms with Crippen LogP contribution in [0.2, 0.25) is 19.6 Å². The second-order valence-corrected chi connectivity index (χ2v) is 23.0. The molecule has 1 radical (unpaired) electrons. The van der Waals surface area contributed by atoms with E-state index in [9.17, 15) is 0 Å². The SMILES string of the molecule is C[Si](C)(C)c1ccc(-c2[c-]cccc2)nc1.Cc1ccc2c(n1)nc(-c1[c-]cc(-c3ccccc3)c3c1oc1ccccc13)n2-c1c(C(C)C)cc(-c2ccccc2)cc1C(C)C.[Ir]. The fraction of sp³-hybridized carbons (Fsp3) is 0.175. The Bertz CT molecular complexity index is 3180. The molecule has 10 aromatic rings. The summed E-state index contributed by atoms with van der Waals surface area (Å²) in [4.78, 5) is 14.7. The molecule has 0 spiro atoms. The number of furan rings is 1. The molecular weight excluding hydrogens is 977 g/mol. The number of imidazole rings is 1. The van der Waals surface area contributed by atoms with Gasteiger partial charge in [-0.3, -0.25) is 4.98 Å². The first-order chi connectivity index (χ1) is 30.5. The molecule has 64 heavy (non-hydrogen) atoms. The number of aromatic nitrogens is 4. The van der Waals surface area contributed by atoms with Gasteiger partial charge in [0.15, 0.2) is 5.65 Å². The average Bonchev–Trinajstić information content (AvgIpc) is 3.88. The number of rotatable bonds is 8. The van der Waals surface area contributed by atoms with E-state index in [1.54, 1.807) is 0 Å². The molecule has 0 fully saturated rings. The summed E-state index contributed by atoms with van der Waals surface area (Å²) in [5.41, 5.74) is 15.4. The van der Waals surface area contributed by atoms with Crippen molar-refractivity contribution in [3.8, 4) is 50.6 Å². The molecule has 10 rings (SSSR count). The van der Waals surface area contributed by atoms with E-state index in [2.05, 4.69) is 178 Å². The van der Waals surface area contributed by atoms with Gasteiger partial charge in [0.05, 0.1) is 25.0 Å². The quantitative estimate of drug-likeness (QED) is 0.112. The van der Waals surface area contributed by atoms with Gasteiger partial charge in [0.25, 0.3) is 0 Å². The van der Waals surface area contributed by atoms with E-state index in [1.165, 1.54) is 27.4 Å². The first-order valence-corrected chi connectivity index (χ1v) is 25.4. The smallest absolute Gasteiger partial charge is 0.168 e. The molecule has 0 aliphatic heterocycles. The number of pyridine rings is 2. The Morgan fingerprint density at radius 2 is 1.31 bits per heavy atom. The Kier molecular flexibility index (Phi) is 12.8. The van der Waals surface area contributed by atoms with Crippen LogP contribution in [-0.4, -0.2) is 27.6 Å². The Labute approximate surface area is 391 Å². The van der Waals surface area contributed by atoms with E-state index in [4.69, 9.17) is 14.4 Å². The van der Waals surface area contributed by atoms with Crippen LogP contribution in [0.15, 0.2) is 162 Å². The summed E-state index contributed by atoms with van der Waals surface area (Å²) in [7, 11) is -1.23. The van der Waals surface area contributed by atoms with Crippen molar-refractivity contribution in [3.63, 3.8) is 0 Å². The molecule has 0 atom stereocenters. The molecule has 0 N–H and O–H groups in total. The van der Waals surface area contributed by atoms with Crippen LogP contribution in [0, 0.1) is 19.1 Å². The Hall–Kier alpha value is -6.24. The van der Waals surface area contributed by atoms with Crippen LogP contribution in [0.4, 0.5) is 0 Å². The molecule has 0 unspecified atom stereocenters. The van der Waals surface area contributed by atoms with Crippen LogP contribution < -0.4 is 5.19 Å². The van der Waals surface area contributed by atoms with Crippen molar-refractivity contribution >= 4 is 46.4 Å². The van der Waals surface area contributed by atoms with E-state index < -0.39 is 8.07 Å². The van der Waals surface area contributed by atoms with Gasteiger partial charge in [0.2, 0.25) is 0 Å². The zero-order chi connectivity index (χ0) is 43.8. The molecule has 0 bridgehead atoms. The van der Waals surface area contributed by atoms with Crippen molar-refractivity contribution in [2.45, 2.75) is 66.1 Å². The number of aryl methyl sites for hydroxylation is 1. The van der Waals surface area contributed by atoms with Gasteiger partial charge >= 0.3 is 0 Å². The number of benzene rings is 6. The minimum absolute atomic E-state index is 0. The van der Waals surface area contributed by atoms with Crippen molar-refractivity contribution in [1.29, 1.82) is 0 Å². The van der Waals surface area contributed by atoms with Crippen LogP contribution in [0.3, 0.4) is 0 Å². The molecule has 6 aromatic carbocycles. The topological polar surface area (TPSA) is 56.7 Å². The Morgan fingerprint density at radius 3 is 1.94 bits per heavy atom. The predicted octanol–water partition coefficient (Wildman–Crippen LogP) is 14.8. The first-order valence-electron chi connectivity index (χ1n) is 21.9. The molecule has 0 saturated carbocycles. The van der Waals surface area contributed by atoms with Gasteiger partial charge in [-0.1, -0.05) is 155 Å². The Balaban J connectivity index is 0.000000279. The third-order valence-corrected chi connectivity index (χ3v) is 13.8.